The number of aryl methyl sites for hydroxylation is 1. The van der Waals surface area contributed by atoms with Crippen molar-refractivity contribution in [3.8, 4) is 0 Å². The average Bonchev–Trinajstić information content (AvgIpc) is 3.29. The first-order valence-electron chi connectivity index (χ1n) is 7.96. The van der Waals surface area contributed by atoms with Gasteiger partial charge in [0, 0.05) is 11.4 Å². The first-order chi connectivity index (χ1) is 11.1. The van der Waals surface area contributed by atoms with Gasteiger partial charge in [0.05, 0.1) is 12.3 Å². The molecule has 2 aromatic heterocycles. The summed E-state index contributed by atoms with van der Waals surface area (Å²) in [5.74, 6) is 0.815. The van der Waals surface area contributed by atoms with E-state index in [4.69, 9.17) is 4.42 Å². The molecule has 0 bridgehead atoms. The summed E-state index contributed by atoms with van der Waals surface area (Å²) in [6.45, 7) is 4.31. The second kappa shape index (κ2) is 7.17. The molecular formula is C16H22N2O3S2. The maximum Gasteiger partial charge on any atom is 0.250 e. The van der Waals surface area contributed by atoms with E-state index in [9.17, 15) is 8.42 Å². The van der Waals surface area contributed by atoms with Crippen molar-refractivity contribution in [2.24, 2.45) is 0 Å². The standard InChI is InChI=1S/C16H22N2O3S2/c1-2-13-7-8-16(22-13)23(19,20)17-12-14(15-6-5-11-21-15)18-9-3-4-10-18/h5-8,11,14,17H,2-4,9-10,12H2,1H3. The summed E-state index contributed by atoms with van der Waals surface area (Å²) in [5.41, 5.74) is 0. The average molecular weight is 354 g/mol. The van der Waals surface area contributed by atoms with Gasteiger partial charge in [0.25, 0.3) is 0 Å². The zero-order valence-electron chi connectivity index (χ0n) is 13.2. The molecule has 0 radical (unpaired) electrons. The number of hydrogen-bond acceptors (Lipinski definition) is 5. The fourth-order valence-electron chi connectivity index (χ4n) is 2.90. The Hall–Kier alpha value is -1.15. The van der Waals surface area contributed by atoms with E-state index < -0.39 is 10.0 Å². The van der Waals surface area contributed by atoms with Gasteiger partial charge >= 0.3 is 0 Å². The second-order valence-electron chi connectivity index (χ2n) is 5.70. The molecule has 1 aliphatic rings. The predicted octanol–water partition coefficient (Wildman–Crippen LogP) is 3.02. The van der Waals surface area contributed by atoms with E-state index in [1.165, 1.54) is 11.3 Å². The normalized spacial score (nSPS) is 17.6. The monoisotopic (exact) mass is 354 g/mol. The summed E-state index contributed by atoms with van der Waals surface area (Å²) in [6, 6.07) is 7.28. The number of likely N-dealkylation sites (tertiary alicyclic amines) is 1. The Kier molecular flexibility index (Phi) is 5.21. The molecule has 5 nitrogen and oxygen atoms in total. The lowest BCUT2D eigenvalue weighted by atomic mass is 10.2. The van der Waals surface area contributed by atoms with Crippen molar-refractivity contribution >= 4 is 21.4 Å². The van der Waals surface area contributed by atoms with Crippen molar-refractivity contribution < 1.29 is 12.8 Å². The summed E-state index contributed by atoms with van der Waals surface area (Å²) in [5, 5.41) is 0. The second-order valence-corrected chi connectivity index (χ2v) is 8.86. The smallest absolute Gasteiger partial charge is 0.250 e. The van der Waals surface area contributed by atoms with E-state index in [2.05, 4.69) is 9.62 Å². The highest BCUT2D eigenvalue weighted by Crippen LogP contribution is 2.26. The Morgan fingerprint density at radius 2 is 2.09 bits per heavy atom. The highest BCUT2D eigenvalue weighted by atomic mass is 32.2. The molecule has 7 heteroatoms. The minimum Gasteiger partial charge on any atom is -0.468 e. The van der Waals surface area contributed by atoms with Gasteiger partial charge in [-0.3, -0.25) is 4.90 Å². The molecule has 1 fully saturated rings. The van der Waals surface area contributed by atoms with Crippen LogP contribution < -0.4 is 4.72 Å². The molecule has 23 heavy (non-hydrogen) atoms. The summed E-state index contributed by atoms with van der Waals surface area (Å²) >= 11 is 1.33. The molecule has 1 unspecified atom stereocenters. The lowest BCUT2D eigenvalue weighted by Gasteiger charge is -2.25. The van der Waals surface area contributed by atoms with Crippen LogP contribution in [0.25, 0.3) is 0 Å². The van der Waals surface area contributed by atoms with Crippen LogP contribution in [0.2, 0.25) is 0 Å². The van der Waals surface area contributed by atoms with Gasteiger partial charge in [-0.25, -0.2) is 13.1 Å². The van der Waals surface area contributed by atoms with Crippen LogP contribution in [0.15, 0.2) is 39.2 Å². The van der Waals surface area contributed by atoms with Crippen molar-refractivity contribution in [3.05, 3.63) is 41.2 Å². The fourth-order valence-corrected chi connectivity index (χ4v) is 5.27. The molecule has 3 rings (SSSR count). The fraction of sp³-hybridized carbons (Fsp3) is 0.500. The van der Waals surface area contributed by atoms with Crippen LogP contribution in [0.3, 0.4) is 0 Å². The van der Waals surface area contributed by atoms with E-state index in [0.717, 1.165) is 43.0 Å². The maximum atomic E-state index is 12.5. The third-order valence-corrected chi connectivity index (χ3v) is 7.32. The highest BCUT2D eigenvalue weighted by Gasteiger charge is 2.27. The summed E-state index contributed by atoms with van der Waals surface area (Å²) in [4.78, 5) is 3.36. The molecular weight excluding hydrogens is 332 g/mol. The molecule has 0 aromatic carbocycles. The molecule has 0 saturated carbocycles. The van der Waals surface area contributed by atoms with Crippen LogP contribution in [0, 0.1) is 0 Å². The number of furan rings is 1. The molecule has 0 aliphatic carbocycles. The third-order valence-electron chi connectivity index (χ3n) is 4.17. The van der Waals surface area contributed by atoms with Crippen LogP contribution in [0.4, 0.5) is 0 Å². The largest absolute Gasteiger partial charge is 0.468 e. The van der Waals surface area contributed by atoms with E-state index in [-0.39, 0.29) is 6.04 Å². The van der Waals surface area contributed by atoms with Crippen molar-refractivity contribution in [2.45, 2.75) is 36.4 Å². The molecule has 1 saturated heterocycles. The molecule has 3 heterocycles. The highest BCUT2D eigenvalue weighted by molar-refractivity contribution is 7.91. The maximum absolute atomic E-state index is 12.5. The quantitative estimate of drug-likeness (QED) is 0.830. The topological polar surface area (TPSA) is 62.6 Å². The van der Waals surface area contributed by atoms with Gasteiger partial charge in [-0.1, -0.05) is 6.92 Å². The summed E-state index contributed by atoms with van der Waals surface area (Å²) in [6.07, 6.45) is 4.78. The van der Waals surface area contributed by atoms with Gasteiger partial charge in [-0.05, 0) is 56.6 Å². The first-order valence-corrected chi connectivity index (χ1v) is 10.3. The van der Waals surface area contributed by atoms with Crippen molar-refractivity contribution in [1.29, 1.82) is 0 Å². The van der Waals surface area contributed by atoms with Crippen molar-refractivity contribution in [2.75, 3.05) is 19.6 Å². The van der Waals surface area contributed by atoms with Crippen LogP contribution >= 0.6 is 11.3 Å². The molecule has 1 N–H and O–H groups in total. The van der Waals surface area contributed by atoms with Gasteiger partial charge in [-0.15, -0.1) is 11.3 Å². The zero-order chi connectivity index (χ0) is 16.3. The Bertz CT molecular complexity index is 716. The van der Waals surface area contributed by atoms with Crippen molar-refractivity contribution in [3.63, 3.8) is 0 Å². The number of rotatable bonds is 7. The van der Waals surface area contributed by atoms with Gasteiger partial charge in [0.15, 0.2) is 0 Å². The van der Waals surface area contributed by atoms with Gasteiger partial charge in [0.2, 0.25) is 10.0 Å². The Labute approximate surface area is 141 Å². The van der Waals surface area contributed by atoms with Crippen molar-refractivity contribution in [1.82, 2.24) is 9.62 Å². The number of hydrogen-bond donors (Lipinski definition) is 1. The van der Waals surface area contributed by atoms with Crippen LogP contribution in [0.5, 0.6) is 0 Å². The van der Waals surface area contributed by atoms with E-state index in [0.29, 0.717) is 10.8 Å². The van der Waals surface area contributed by atoms with E-state index in [1.807, 2.05) is 25.1 Å². The van der Waals surface area contributed by atoms with E-state index in [1.54, 1.807) is 12.3 Å². The van der Waals surface area contributed by atoms with Gasteiger partial charge in [-0.2, -0.15) is 0 Å². The Morgan fingerprint density at radius 3 is 2.70 bits per heavy atom. The minimum atomic E-state index is -3.47. The number of nitrogens with zero attached hydrogens (tertiary/aromatic N) is 1. The van der Waals surface area contributed by atoms with Gasteiger partial charge < -0.3 is 4.42 Å². The van der Waals surface area contributed by atoms with Crippen LogP contribution in [-0.2, 0) is 16.4 Å². The molecule has 126 valence electrons. The van der Waals surface area contributed by atoms with Crippen LogP contribution in [-0.4, -0.2) is 33.0 Å². The predicted molar refractivity (Wildman–Crippen MR) is 91.1 cm³/mol. The number of thiophene rings is 1. The van der Waals surface area contributed by atoms with Gasteiger partial charge in [0.1, 0.15) is 9.97 Å². The minimum absolute atomic E-state index is 0.0483. The summed E-state index contributed by atoms with van der Waals surface area (Å²) in [7, 11) is -3.47. The summed E-state index contributed by atoms with van der Waals surface area (Å²) < 4.78 is 33.7. The molecule has 1 aliphatic heterocycles. The number of nitrogens with one attached hydrogen (secondary N) is 1. The lowest BCUT2D eigenvalue weighted by Crippen LogP contribution is -2.36. The Morgan fingerprint density at radius 1 is 1.30 bits per heavy atom. The SMILES string of the molecule is CCc1ccc(S(=O)(=O)NCC(c2ccco2)N2CCCC2)s1. The molecule has 0 amide bonds. The van der Waals surface area contributed by atoms with Crippen LogP contribution in [0.1, 0.15) is 36.4 Å². The first kappa shape index (κ1) is 16.7. The zero-order valence-corrected chi connectivity index (χ0v) is 14.8. The molecule has 1 atom stereocenters. The lowest BCUT2D eigenvalue weighted by molar-refractivity contribution is 0.216. The van der Waals surface area contributed by atoms with E-state index >= 15 is 0 Å². The third kappa shape index (κ3) is 3.85. The molecule has 2 aromatic rings. The number of sulfonamides is 1. The Balaban J connectivity index is 1.73. The molecule has 0 spiro atoms.